The van der Waals surface area contributed by atoms with Crippen LogP contribution < -0.4 is 26.6 Å². The molecule has 0 aromatic heterocycles. The van der Waals surface area contributed by atoms with E-state index in [1.165, 1.54) is 0 Å². The van der Waals surface area contributed by atoms with E-state index in [1.807, 2.05) is 6.92 Å². The van der Waals surface area contributed by atoms with Gasteiger partial charge < -0.3 is 26.6 Å². The topological polar surface area (TPSA) is 163 Å². The first-order valence-electron chi connectivity index (χ1n) is 16.8. The van der Waals surface area contributed by atoms with Gasteiger partial charge in [0.05, 0.1) is 6.04 Å². The second kappa shape index (κ2) is 16.2. The van der Waals surface area contributed by atoms with Gasteiger partial charge in [-0.2, -0.15) is 0 Å². The zero-order valence-corrected chi connectivity index (χ0v) is 25.7. The van der Waals surface area contributed by atoms with E-state index < -0.39 is 41.6 Å². The lowest BCUT2D eigenvalue weighted by molar-refractivity contribution is -0.141. The van der Waals surface area contributed by atoms with Crippen LogP contribution in [0.3, 0.4) is 0 Å². The Bertz CT molecular complexity index is 1020. The summed E-state index contributed by atoms with van der Waals surface area (Å²) >= 11 is 0. The molecule has 1 aliphatic heterocycles. The average Bonchev–Trinajstić information content (AvgIpc) is 3.84. The van der Waals surface area contributed by atoms with Gasteiger partial charge in [-0.05, 0) is 70.1 Å². The zero-order chi connectivity index (χ0) is 30.8. The van der Waals surface area contributed by atoms with Crippen molar-refractivity contribution in [2.24, 2.45) is 17.8 Å². The number of amides is 5. The summed E-state index contributed by atoms with van der Waals surface area (Å²) < 4.78 is 0. The lowest BCUT2D eigenvalue weighted by atomic mass is 9.82. The largest absolute Gasteiger partial charge is 0.356 e. The Morgan fingerprint density at radius 2 is 1.42 bits per heavy atom. The van der Waals surface area contributed by atoms with Crippen molar-refractivity contribution in [2.45, 2.75) is 140 Å². The lowest BCUT2D eigenvalue weighted by Crippen LogP contribution is -2.59. The summed E-state index contributed by atoms with van der Waals surface area (Å²) in [4.78, 5) is 79.0. The molecule has 0 bridgehead atoms. The van der Waals surface area contributed by atoms with Gasteiger partial charge in [0.2, 0.25) is 29.4 Å². The molecule has 1 heterocycles. The van der Waals surface area contributed by atoms with Crippen molar-refractivity contribution in [2.75, 3.05) is 6.54 Å². The van der Waals surface area contributed by atoms with E-state index in [4.69, 9.17) is 0 Å². The van der Waals surface area contributed by atoms with E-state index in [-0.39, 0.29) is 42.0 Å². The smallest absolute Gasteiger partial charge is 0.289 e. The second-order valence-electron chi connectivity index (χ2n) is 13.1. The molecule has 4 aliphatic rings. The van der Waals surface area contributed by atoms with Gasteiger partial charge in [0, 0.05) is 24.4 Å². The van der Waals surface area contributed by atoms with Crippen LogP contribution in [-0.4, -0.2) is 66.0 Å². The van der Waals surface area contributed by atoms with Gasteiger partial charge in [0.25, 0.3) is 5.91 Å². The molecule has 4 fully saturated rings. The summed E-state index contributed by atoms with van der Waals surface area (Å²) in [7, 11) is 0. The van der Waals surface area contributed by atoms with Gasteiger partial charge in [-0.15, -0.1) is 0 Å². The number of hydrogen-bond donors (Lipinski definition) is 5. The summed E-state index contributed by atoms with van der Waals surface area (Å²) in [6.45, 7) is 2.46. The molecule has 240 valence electrons. The molecule has 43 heavy (non-hydrogen) atoms. The highest BCUT2D eigenvalue weighted by molar-refractivity contribution is 6.38. The Labute approximate surface area is 255 Å². The third-order valence-corrected chi connectivity index (χ3v) is 9.58. The maximum Gasteiger partial charge on any atom is 0.289 e. The molecule has 3 aliphatic carbocycles. The number of nitrogens with one attached hydrogen (secondary N) is 5. The molecule has 0 radical (unpaired) electrons. The predicted octanol–water partition coefficient (Wildman–Crippen LogP) is 2.17. The van der Waals surface area contributed by atoms with Crippen LogP contribution in [0.2, 0.25) is 0 Å². The van der Waals surface area contributed by atoms with Crippen LogP contribution in [0.25, 0.3) is 0 Å². The standard InChI is InChI=1S/C32H51N5O6/c1-2-10-24(35-31(42)26(20-11-5-3-6-12-20)37-29(40)21-13-7-4-8-14-21)30(41)36-25(19-22-15-9-18-33-28(22)39)27(38)32(43)34-23-16-17-23/h20-26H,2-19H2,1H3,(H,33,39)(H,34,43)(H,35,42)(H,36,41)(H,37,40)/t22-,24-,25-,26+/m0/s1. The highest BCUT2D eigenvalue weighted by atomic mass is 16.2. The van der Waals surface area contributed by atoms with E-state index in [9.17, 15) is 28.8 Å². The highest BCUT2D eigenvalue weighted by Crippen LogP contribution is 2.29. The first-order valence-corrected chi connectivity index (χ1v) is 16.8. The van der Waals surface area contributed by atoms with Crippen molar-refractivity contribution in [1.82, 2.24) is 26.6 Å². The number of ketones is 1. The molecule has 4 rings (SSSR count). The first-order chi connectivity index (χ1) is 20.8. The monoisotopic (exact) mass is 601 g/mol. The summed E-state index contributed by atoms with van der Waals surface area (Å²) in [5.74, 6) is -3.35. The average molecular weight is 602 g/mol. The molecular formula is C32H51N5O6. The number of carbonyl (C=O) groups excluding carboxylic acids is 6. The maximum absolute atomic E-state index is 13.8. The summed E-state index contributed by atoms with van der Waals surface area (Å²) in [6, 6.07) is -2.89. The normalized spacial score (nSPS) is 23.7. The molecule has 3 saturated carbocycles. The number of piperidine rings is 1. The molecule has 5 N–H and O–H groups in total. The minimum Gasteiger partial charge on any atom is -0.356 e. The predicted molar refractivity (Wildman–Crippen MR) is 160 cm³/mol. The van der Waals surface area contributed by atoms with Crippen LogP contribution in [0.5, 0.6) is 0 Å². The second-order valence-corrected chi connectivity index (χ2v) is 13.1. The van der Waals surface area contributed by atoms with Gasteiger partial charge in [-0.25, -0.2) is 0 Å². The molecule has 0 aromatic carbocycles. The van der Waals surface area contributed by atoms with E-state index in [0.29, 0.717) is 25.8 Å². The SMILES string of the molecule is CCC[C@H](NC(=O)[C@H](NC(=O)C1CCCCC1)C1CCCCC1)C(=O)N[C@@H](C[C@@H]1CCCNC1=O)C(=O)C(=O)NC1CC1. The number of rotatable bonds is 14. The summed E-state index contributed by atoms with van der Waals surface area (Å²) in [6.07, 6.45) is 13.4. The fraction of sp³-hybridized carbons (Fsp3) is 0.812. The minimum absolute atomic E-state index is 0.00288. The van der Waals surface area contributed by atoms with Crippen molar-refractivity contribution in [3.63, 3.8) is 0 Å². The first kappa shape index (κ1) is 32.9. The maximum atomic E-state index is 13.8. The number of carbonyl (C=O) groups is 6. The van der Waals surface area contributed by atoms with E-state index in [2.05, 4.69) is 26.6 Å². The third kappa shape index (κ3) is 9.76. The molecule has 4 atom stereocenters. The van der Waals surface area contributed by atoms with Crippen LogP contribution >= 0.6 is 0 Å². The van der Waals surface area contributed by atoms with Crippen molar-refractivity contribution < 1.29 is 28.8 Å². The van der Waals surface area contributed by atoms with Crippen LogP contribution in [0.4, 0.5) is 0 Å². The fourth-order valence-corrected chi connectivity index (χ4v) is 6.81. The van der Waals surface area contributed by atoms with Gasteiger partial charge in [0.1, 0.15) is 12.1 Å². The Hall–Kier alpha value is -2.98. The third-order valence-electron chi connectivity index (χ3n) is 9.58. The molecule has 0 aromatic rings. The van der Waals surface area contributed by atoms with Crippen LogP contribution in [0.1, 0.15) is 116 Å². The molecule has 5 amide bonds. The van der Waals surface area contributed by atoms with Crippen molar-refractivity contribution in [1.29, 1.82) is 0 Å². The summed E-state index contributed by atoms with van der Waals surface area (Å²) in [5, 5.41) is 14.2. The molecule has 11 nitrogen and oxygen atoms in total. The molecule has 1 saturated heterocycles. The Morgan fingerprint density at radius 3 is 2.05 bits per heavy atom. The van der Waals surface area contributed by atoms with E-state index >= 15 is 0 Å². The fourth-order valence-electron chi connectivity index (χ4n) is 6.81. The van der Waals surface area contributed by atoms with Gasteiger partial charge in [0.15, 0.2) is 0 Å². The number of Topliss-reactive ketones (excluding diaryl/α,β-unsaturated/α-hetero) is 1. The zero-order valence-electron chi connectivity index (χ0n) is 25.7. The quantitative estimate of drug-likeness (QED) is 0.192. The van der Waals surface area contributed by atoms with Gasteiger partial charge in [-0.1, -0.05) is 51.9 Å². The molecule has 0 spiro atoms. The van der Waals surface area contributed by atoms with Crippen molar-refractivity contribution >= 4 is 35.3 Å². The van der Waals surface area contributed by atoms with Crippen molar-refractivity contribution in [3.05, 3.63) is 0 Å². The molecule has 0 unspecified atom stereocenters. The number of hydrogen-bond acceptors (Lipinski definition) is 6. The lowest BCUT2D eigenvalue weighted by Gasteiger charge is -2.33. The minimum atomic E-state index is -1.18. The van der Waals surface area contributed by atoms with E-state index in [1.54, 1.807) is 0 Å². The molecular weight excluding hydrogens is 550 g/mol. The van der Waals surface area contributed by atoms with Gasteiger partial charge in [-0.3, -0.25) is 28.8 Å². The van der Waals surface area contributed by atoms with Crippen LogP contribution in [0, 0.1) is 17.8 Å². The van der Waals surface area contributed by atoms with E-state index in [0.717, 1.165) is 83.5 Å². The van der Waals surface area contributed by atoms with Crippen LogP contribution in [-0.2, 0) is 28.8 Å². The van der Waals surface area contributed by atoms with Crippen LogP contribution in [0.15, 0.2) is 0 Å². The Morgan fingerprint density at radius 1 is 0.767 bits per heavy atom. The molecule has 11 heteroatoms. The highest BCUT2D eigenvalue weighted by Gasteiger charge is 2.38. The Kier molecular flexibility index (Phi) is 12.4. The Balaban J connectivity index is 1.45. The van der Waals surface area contributed by atoms with Gasteiger partial charge >= 0.3 is 0 Å². The summed E-state index contributed by atoms with van der Waals surface area (Å²) in [5.41, 5.74) is 0. The van der Waals surface area contributed by atoms with Crippen molar-refractivity contribution in [3.8, 4) is 0 Å².